The van der Waals surface area contributed by atoms with E-state index in [-0.39, 0.29) is 10.8 Å². The van der Waals surface area contributed by atoms with Gasteiger partial charge in [-0.25, -0.2) is 4.39 Å². The predicted molar refractivity (Wildman–Crippen MR) is 64.3 cm³/mol. The monoisotopic (exact) mass is 251 g/mol. The van der Waals surface area contributed by atoms with Gasteiger partial charge in [-0.3, -0.25) is 4.68 Å². The van der Waals surface area contributed by atoms with Crippen molar-refractivity contribution in [2.24, 2.45) is 0 Å². The second kappa shape index (κ2) is 4.13. The molecule has 1 aliphatic heterocycles. The topological polar surface area (TPSA) is 29.9 Å². The minimum Gasteiger partial charge on any atom is -0.309 e. The highest BCUT2D eigenvalue weighted by Crippen LogP contribution is 2.30. The van der Waals surface area contributed by atoms with E-state index in [1.165, 1.54) is 0 Å². The number of benzene rings is 1. The van der Waals surface area contributed by atoms with Gasteiger partial charge in [0.1, 0.15) is 5.82 Å². The van der Waals surface area contributed by atoms with Crippen LogP contribution in [0.4, 0.5) is 4.39 Å². The summed E-state index contributed by atoms with van der Waals surface area (Å²) in [6, 6.07) is 5.03. The van der Waals surface area contributed by atoms with Crippen molar-refractivity contribution in [2.75, 3.05) is 6.54 Å². The van der Waals surface area contributed by atoms with E-state index < -0.39 is 0 Å². The van der Waals surface area contributed by atoms with E-state index in [4.69, 9.17) is 11.6 Å². The van der Waals surface area contributed by atoms with Gasteiger partial charge in [0, 0.05) is 24.2 Å². The first-order chi connectivity index (χ1) is 8.27. The maximum absolute atomic E-state index is 13.9. The van der Waals surface area contributed by atoms with Crippen LogP contribution in [0.2, 0.25) is 5.02 Å². The average Bonchev–Trinajstić information content (AvgIpc) is 2.77. The Bertz CT molecular complexity index is 565. The Hall–Kier alpha value is -1.39. The zero-order valence-electron chi connectivity index (χ0n) is 9.08. The second-order valence-corrected chi connectivity index (χ2v) is 4.41. The SMILES string of the molecule is Fc1c(Cl)cccc1-c1cnn2c1CNCC2. The first-order valence-corrected chi connectivity index (χ1v) is 5.85. The van der Waals surface area contributed by atoms with Gasteiger partial charge in [-0.2, -0.15) is 5.10 Å². The van der Waals surface area contributed by atoms with Crippen molar-refractivity contribution in [3.8, 4) is 11.1 Å². The van der Waals surface area contributed by atoms with Gasteiger partial charge in [0.15, 0.2) is 0 Å². The first kappa shape index (κ1) is 10.7. The molecule has 0 radical (unpaired) electrons. The molecular weight excluding hydrogens is 241 g/mol. The third kappa shape index (κ3) is 1.73. The van der Waals surface area contributed by atoms with E-state index in [9.17, 15) is 4.39 Å². The van der Waals surface area contributed by atoms with Crippen molar-refractivity contribution in [1.29, 1.82) is 0 Å². The van der Waals surface area contributed by atoms with Crippen molar-refractivity contribution in [3.05, 3.63) is 40.9 Å². The van der Waals surface area contributed by atoms with Crippen LogP contribution in [-0.2, 0) is 13.1 Å². The van der Waals surface area contributed by atoms with E-state index in [0.717, 1.165) is 24.3 Å². The van der Waals surface area contributed by atoms with E-state index in [2.05, 4.69) is 10.4 Å². The molecule has 1 aliphatic rings. The van der Waals surface area contributed by atoms with Gasteiger partial charge < -0.3 is 5.32 Å². The Morgan fingerprint density at radius 1 is 1.35 bits per heavy atom. The van der Waals surface area contributed by atoms with Crippen LogP contribution < -0.4 is 5.32 Å². The number of aromatic nitrogens is 2. The zero-order valence-corrected chi connectivity index (χ0v) is 9.84. The van der Waals surface area contributed by atoms with Crippen LogP contribution in [0, 0.1) is 5.82 Å². The summed E-state index contributed by atoms with van der Waals surface area (Å²) in [5.41, 5.74) is 2.34. The second-order valence-electron chi connectivity index (χ2n) is 4.01. The fourth-order valence-electron chi connectivity index (χ4n) is 2.12. The zero-order chi connectivity index (χ0) is 11.8. The van der Waals surface area contributed by atoms with Crippen LogP contribution in [0.1, 0.15) is 5.69 Å². The van der Waals surface area contributed by atoms with Crippen molar-refractivity contribution in [3.63, 3.8) is 0 Å². The van der Waals surface area contributed by atoms with Crippen LogP contribution in [0.5, 0.6) is 0 Å². The van der Waals surface area contributed by atoms with Crippen LogP contribution in [0.15, 0.2) is 24.4 Å². The van der Waals surface area contributed by atoms with Crippen molar-refractivity contribution < 1.29 is 4.39 Å². The summed E-state index contributed by atoms with van der Waals surface area (Å²) in [4.78, 5) is 0. The molecule has 0 bridgehead atoms. The third-order valence-corrected chi connectivity index (χ3v) is 3.28. The number of fused-ring (bicyclic) bond motifs is 1. The molecule has 0 unspecified atom stereocenters. The highest BCUT2D eigenvalue weighted by molar-refractivity contribution is 6.31. The normalized spacial score (nSPS) is 14.7. The van der Waals surface area contributed by atoms with Gasteiger partial charge in [0.25, 0.3) is 0 Å². The third-order valence-electron chi connectivity index (χ3n) is 2.98. The molecule has 0 spiro atoms. The number of hydrogen-bond acceptors (Lipinski definition) is 2. The molecule has 2 aromatic rings. The Labute approximate surface area is 103 Å². The van der Waals surface area contributed by atoms with Gasteiger partial charge in [0.2, 0.25) is 0 Å². The summed E-state index contributed by atoms with van der Waals surface area (Å²) in [6.07, 6.45) is 1.71. The number of rotatable bonds is 1. The van der Waals surface area contributed by atoms with Gasteiger partial charge in [-0.05, 0) is 6.07 Å². The van der Waals surface area contributed by atoms with Crippen molar-refractivity contribution >= 4 is 11.6 Å². The molecule has 0 saturated heterocycles. The van der Waals surface area contributed by atoms with E-state index in [0.29, 0.717) is 12.1 Å². The van der Waals surface area contributed by atoms with Crippen LogP contribution >= 0.6 is 11.6 Å². The largest absolute Gasteiger partial charge is 0.309 e. The molecule has 17 heavy (non-hydrogen) atoms. The minimum atomic E-state index is -0.379. The Morgan fingerprint density at radius 2 is 2.24 bits per heavy atom. The molecule has 0 saturated carbocycles. The summed E-state index contributed by atoms with van der Waals surface area (Å²) in [7, 11) is 0. The number of nitrogens with one attached hydrogen (secondary N) is 1. The molecule has 5 heteroatoms. The van der Waals surface area contributed by atoms with E-state index >= 15 is 0 Å². The first-order valence-electron chi connectivity index (χ1n) is 5.47. The molecule has 0 atom stereocenters. The van der Waals surface area contributed by atoms with Gasteiger partial charge in [-0.15, -0.1) is 0 Å². The van der Waals surface area contributed by atoms with E-state index in [1.807, 2.05) is 4.68 Å². The maximum atomic E-state index is 13.9. The number of nitrogens with zero attached hydrogens (tertiary/aromatic N) is 2. The smallest absolute Gasteiger partial charge is 0.149 e. The summed E-state index contributed by atoms with van der Waals surface area (Å²) in [6.45, 7) is 2.42. The lowest BCUT2D eigenvalue weighted by Crippen LogP contribution is -2.28. The average molecular weight is 252 g/mol. The molecule has 0 amide bonds. The molecule has 88 valence electrons. The quantitative estimate of drug-likeness (QED) is 0.844. The molecule has 3 nitrogen and oxygen atoms in total. The Balaban J connectivity index is 2.15. The highest BCUT2D eigenvalue weighted by atomic mass is 35.5. The van der Waals surface area contributed by atoms with Crippen LogP contribution in [0.3, 0.4) is 0 Å². The molecule has 1 aromatic carbocycles. The van der Waals surface area contributed by atoms with Gasteiger partial charge in [0.05, 0.1) is 23.5 Å². The van der Waals surface area contributed by atoms with Crippen LogP contribution in [0.25, 0.3) is 11.1 Å². The molecule has 1 N–H and O–H groups in total. The number of halogens is 2. The summed E-state index contributed by atoms with van der Waals surface area (Å²) < 4.78 is 15.9. The predicted octanol–water partition coefficient (Wildman–Crippen LogP) is 2.45. The van der Waals surface area contributed by atoms with E-state index in [1.54, 1.807) is 24.4 Å². The lowest BCUT2D eigenvalue weighted by molar-refractivity contribution is 0.476. The summed E-state index contributed by atoms with van der Waals surface area (Å²) >= 11 is 5.80. The number of hydrogen-bond donors (Lipinski definition) is 1. The molecule has 1 aromatic heterocycles. The molecule has 0 fully saturated rings. The standard InChI is InChI=1S/C12H11ClFN3/c13-10-3-1-2-8(12(10)14)9-6-16-17-5-4-15-7-11(9)17/h1-3,6,15H,4-5,7H2. The van der Waals surface area contributed by atoms with Crippen molar-refractivity contribution in [1.82, 2.24) is 15.1 Å². The molecular formula is C12H11ClFN3. The summed E-state index contributed by atoms with van der Waals surface area (Å²) in [5, 5.41) is 7.67. The molecule has 2 heterocycles. The lowest BCUT2D eigenvalue weighted by Gasteiger charge is -2.16. The Morgan fingerprint density at radius 3 is 3.12 bits per heavy atom. The van der Waals surface area contributed by atoms with Crippen molar-refractivity contribution in [2.45, 2.75) is 13.1 Å². The maximum Gasteiger partial charge on any atom is 0.149 e. The summed E-state index contributed by atoms with van der Waals surface area (Å²) in [5.74, 6) is -0.379. The fraction of sp³-hybridized carbons (Fsp3) is 0.250. The molecule has 0 aliphatic carbocycles. The minimum absolute atomic E-state index is 0.145. The van der Waals surface area contributed by atoms with Gasteiger partial charge in [-0.1, -0.05) is 23.7 Å². The fourth-order valence-corrected chi connectivity index (χ4v) is 2.29. The molecule has 3 rings (SSSR count). The highest BCUT2D eigenvalue weighted by Gasteiger charge is 2.18. The van der Waals surface area contributed by atoms with Crippen LogP contribution in [-0.4, -0.2) is 16.3 Å². The van der Waals surface area contributed by atoms with Gasteiger partial charge >= 0.3 is 0 Å². The lowest BCUT2D eigenvalue weighted by atomic mass is 10.1. The Kier molecular flexibility index (Phi) is 2.61.